The molecule has 2 aromatic rings. The summed E-state index contributed by atoms with van der Waals surface area (Å²) in [5.41, 5.74) is 1.80. The first-order chi connectivity index (χ1) is 13.3. The van der Waals surface area contributed by atoms with E-state index in [1.807, 2.05) is 17.0 Å². The van der Waals surface area contributed by atoms with E-state index < -0.39 is 23.7 Å². The third-order valence-electron chi connectivity index (χ3n) is 3.90. The van der Waals surface area contributed by atoms with Crippen LogP contribution in [0, 0.1) is 10.1 Å². The van der Waals surface area contributed by atoms with E-state index in [2.05, 4.69) is 10.2 Å². The Labute approximate surface area is 162 Å². The molecule has 0 radical (unpaired) electrons. The molecule has 2 atom stereocenters. The maximum atomic E-state index is 10.9. The van der Waals surface area contributed by atoms with Crippen LogP contribution in [-0.2, 0) is 6.61 Å². The van der Waals surface area contributed by atoms with E-state index in [-0.39, 0.29) is 11.3 Å². The molecule has 0 aliphatic carbocycles. The molecule has 0 aromatic heterocycles. The van der Waals surface area contributed by atoms with Crippen molar-refractivity contribution in [3.8, 4) is 0 Å². The van der Waals surface area contributed by atoms with Crippen LogP contribution in [0.1, 0.15) is 19.4 Å². The Morgan fingerprint density at radius 1 is 1.00 bits per heavy atom. The highest BCUT2D eigenvalue weighted by molar-refractivity contribution is 5.54. The summed E-state index contributed by atoms with van der Waals surface area (Å²) in [7, 11) is 0. The van der Waals surface area contributed by atoms with Crippen LogP contribution in [0.25, 0.3) is 0 Å². The Morgan fingerprint density at radius 3 is 2.04 bits per heavy atom. The topological polar surface area (TPSA) is 132 Å². The molecule has 0 aliphatic rings. The van der Waals surface area contributed by atoms with Crippen LogP contribution in [0.2, 0.25) is 0 Å². The summed E-state index contributed by atoms with van der Waals surface area (Å²) in [5.74, 6) is 0. The van der Waals surface area contributed by atoms with Crippen LogP contribution in [0.4, 0.5) is 22.7 Å². The van der Waals surface area contributed by atoms with E-state index in [1.165, 1.54) is 18.2 Å². The summed E-state index contributed by atoms with van der Waals surface area (Å²) in [5, 5.41) is 47.6. The fourth-order valence-corrected chi connectivity index (χ4v) is 2.71. The number of azo groups is 1. The lowest BCUT2D eigenvalue weighted by molar-refractivity contribution is -0.385. The minimum atomic E-state index is -0.558. The zero-order valence-corrected chi connectivity index (χ0v) is 15.8. The normalized spacial score (nSPS) is 13.5. The van der Waals surface area contributed by atoms with Crippen LogP contribution >= 0.6 is 0 Å². The van der Waals surface area contributed by atoms with Gasteiger partial charge in [0.15, 0.2) is 0 Å². The highest BCUT2D eigenvalue weighted by Gasteiger charge is 2.14. The fourth-order valence-electron chi connectivity index (χ4n) is 2.71. The Bertz CT molecular complexity index is 812. The van der Waals surface area contributed by atoms with Crippen molar-refractivity contribution < 1.29 is 20.2 Å². The second-order valence-electron chi connectivity index (χ2n) is 6.55. The number of aliphatic hydroxyl groups excluding tert-OH is 3. The second-order valence-corrected chi connectivity index (χ2v) is 6.55. The number of rotatable bonds is 9. The molecule has 2 aromatic carbocycles. The molecule has 0 fully saturated rings. The van der Waals surface area contributed by atoms with Crippen molar-refractivity contribution in [2.45, 2.75) is 32.7 Å². The highest BCUT2D eigenvalue weighted by atomic mass is 16.6. The van der Waals surface area contributed by atoms with Crippen LogP contribution < -0.4 is 4.90 Å². The molecule has 3 N–H and O–H groups in total. The molecule has 0 bridgehead atoms. The number of nitro benzene ring substituents is 1. The quantitative estimate of drug-likeness (QED) is 0.344. The third-order valence-corrected chi connectivity index (χ3v) is 3.90. The summed E-state index contributed by atoms with van der Waals surface area (Å²) >= 11 is 0. The molecular weight excluding hydrogens is 364 g/mol. The van der Waals surface area contributed by atoms with Gasteiger partial charge in [0.25, 0.3) is 5.69 Å². The van der Waals surface area contributed by atoms with Gasteiger partial charge in [0.2, 0.25) is 0 Å². The molecule has 0 saturated carbocycles. The lowest BCUT2D eigenvalue weighted by atomic mass is 10.2. The Hall–Kier alpha value is -2.88. The summed E-state index contributed by atoms with van der Waals surface area (Å²) in [6.07, 6.45) is -1.08. The van der Waals surface area contributed by atoms with Crippen molar-refractivity contribution in [3.05, 3.63) is 58.1 Å². The zero-order valence-electron chi connectivity index (χ0n) is 15.8. The number of anilines is 1. The molecule has 9 heteroatoms. The smallest absolute Gasteiger partial charge is 0.275 e. The molecule has 9 nitrogen and oxygen atoms in total. The predicted molar refractivity (Wildman–Crippen MR) is 105 cm³/mol. The van der Waals surface area contributed by atoms with Gasteiger partial charge in [-0.15, -0.1) is 0 Å². The van der Waals surface area contributed by atoms with Crippen molar-refractivity contribution in [3.63, 3.8) is 0 Å². The number of hydrogen-bond acceptors (Lipinski definition) is 8. The predicted octanol–water partition coefficient (Wildman–Crippen LogP) is 3.07. The van der Waals surface area contributed by atoms with E-state index in [1.54, 1.807) is 26.0 Å². The van der Waals surface area contributed by atoms with Crippen molar-refractivity contribution >= 4 is 22.7 Å². The average molecular weight is 388 g/mol. The summed E-state index contributed by atoms with van der Waals surface area (Å²) < 4.78 is 0. The number of benzene rings is 2. The minimum absolute atomic E-state index is 0.165. The molecule has 0 saturated heterocycles. The average Bonchev–Trinajstić information content (AvgIpc) is 2.65. The van der Waals surface area contributed by atoms with Gasteiger partial charge in [-0.2, -0.15) is 10.2 Å². The van der Waals surface area contributed by atoms with Crippen LogP contribution in [0.3, 0.4) is 0 Å². The second kappa shape index (κ2) is 9.88. The monoisotopic (exact) mass is 388 g/mol. The third kappa shape index (κ3) is 6.08. The summed E-state index contributed by atoms with van der Waals surface area (Å²) in [4.78, 5) is 12.2. The Morgan fingerprint density at radius 2 is 1.54 bits per heavy atom. The van der Waals surface area contributed by atoms with Gasteiger partial charge in [-0.05, 0) is 50.2 Å². The maximum Gasteiger partial charge on any atom is 0.275 e. The van der Waals surface area contributed by atoms with Crippen molar-refractivity contribution in [2.75, 3.05) is 18.0 Å². The van der Waals surface area contributed by atoms with Crippen molar-refractivity contribution in [1.82, 2.24) is 0 Å². The molecule has 2 unspecified atom stereocenters. The van der Waals surface area contributed by atoms with Gasteiger partial charge in [0.05, 0.1) is 40.7 Å². The van der Waals surface area contributed by atoms with Gasteiger partial charge >= 0.3 is 0 Å². The zero-order chi connectivity index (χ0) is 20.7. The van der Waals surface area contributed by atoms with Crippen LogP contribution in [0.5, 0.6) is 0 Å². The Balaban J connectivity index is 2.16. The van der Waals surface area contributed by atoms with E-state index in [9.17, 15) is 25.4 Å². The van der Waals surface area contributed by atoms with Gasteiger partial charge in [-0.3, -0.25) is 10.1 Å². The SMILES string of the molecule is CC(O)CN(CC(C)O)c1ccc(N=Nc2ccc([N+](=O)[O-])c(CO)c2)cc1. The molecule has 0 aliphatic heterocycles. The summed E-state index contributed by atoms with van der Waals surface area (Å²) in [6.45, 7) is 3.68. The van der Waals surface area contributed by atoms with Crippen molar-refractivity contribution in [1.29, 1.82) is 0 Å². The van der Waals surface area contributed by atoms with Gasteiger partial charge in [0.1, 0.15) is 0 Å². The number of aliphatic hydroxyl groups is 3. The maximum absolute atomic E-state index is 10.9. The van der Waals surface area contributed by atoms with Crippen LogP contribution in [-0.4, -0.2) is 45.5 Å². The number of nitro groups is 1. The van der Waals surface area contributed by atoms with Gasteiger partial charge in [-0.1, -0.05) is 0 Å². The lowest BCUT2D eigenvalue weighted by Gasteiger charge is -2.27. The summed E-state index contributed by atoms with van der Waals surface area (Å²) in [6, 6.07) is 11.3. The minimum Gasteiger partial charge on any atom is -0.392 e. The lowest BCUT2D eigenvalue weighted by Crippen LogP contribution is -2.36. The fraction of sp³-hybridized carbons (Fsp3) is 0.368. The van der Waals surface area contributed by atoms with E-state index >= 15 is 0 Å². The molecule has 0 amide bonds. The van der Waals surface area contributed by atoms with Crippen LogP contribution in [0.15, 0.2) is 52.7 Å². The number of hydrogen-bond donors (Lipinski definition) is 3. The molecule has 0 heterocycles. The molecular formula is C19H24N4O5. The first kappa shape index (κ1) is 21.4. The van der Waals surface area contributed by atoms with E-state index in [0.29, 0.717) is 24.5 Å². The van der Waals surface area contributed by atoms with E-state index in [0.717, 1.165) is 5.69 Å². The standard InChI is InChI=1S/C19H24N4O5/c1-13(25)10-22(11-14(2)26)18-6-3-16(4-7-18)20-21-17-5-8-19(23(27)28)15(9-17)12-24/h3-9,13-14,24-26H,10-12H2,1-2H3. The van der Waals surface area contributed by atoms with Gasteiger partial charge in [-0.25, -0.2) is 0 Å². The molecule has 150 valence electrons. The highest BCUT2D eigenvalue weighted by Crippen LogP contribution is 2.27. The van der Waals surface area contributed by atoms with Gasteiger partial charge in [0, 0.05) is 24.8 Å². The first-order valence-corrected chi connectivity index (χ1v) is 8.81. The number of nitrogens with zero attached hydrogens (tertiary/aromatic N) is 4. The molecule has 0 spiro atoms. The first-order valence-electron chi connectivity index (χ1n) is 8.81. The molecule has 2 rings (SSSR count). The Kier molecular flexibility index (Phi) is 7.56. The van der Waals surface area contributed by atoms with Gasteiger partial charge < -0.3 is 20.2 Å². The van der Waals surface area contributed by atoms with E-state index in [4.69, 9.17) is 0 Å². The largest absolute Gasteiger partial charge is 0.392 e. The van der Waals surface area contributed by atoms with Crippen molar-refractivity contribution in [2.24, 2.45) is 10.2 Å². The molecule has 28 heavy (non-hydrogen) atoms.